The van der Waals surface area contributed by atoms with Crippen LogP contribution in [-0.2, 0) is 15.7 Å². The molecule has 2 aromatic rings. The number of carbonyl (C=O) groups excluding carboxylic acids is 1. The number of halogens is 3. The van der Waals surface area contributed by atoms with Crippen molar-refractivity contribution in [3.8, 4) is 5.75 Å². The van der Waals surface area contributed by atoms with Gasteiger partial charge in [0.1, 0.15) is 23.5 Å². The summed E-state index contributed by atoms with van der Waals surface area (Å²) < 4.78 is 48.9. The van der Waals surface area contributed by atoms with Crippen LogP contribution < -0.4 is 4.74 Å². The lowest BCUT2D eigenvalue weighted by Crippen LogP contribution is -2.11. The highest BCUT2D eigenvalue weighted by Crippen LogP contribution is 2.34. The number of benzene rings is 1. The van der Waals surface area contributed by atoms with E-state index < -0.39 is 17.8 Å². The number of ether oxygens (including phenoxy) is 2. The second-order valence-corrected chi connectivity index (χ2v) is 5.83. The normalized spacial score (nSPS) is 12.3. The third-order valence-electron chi connectivity index (χ3n) is 3.41. The van der Waals surface area contributed by atoms with Gasteiger partial charge in [-0.25, -0.2) is 4.98 Å². The van der Waals surface area contributed by atoms with Gasteiger partial charge in [0.15, 0.2) is 0 Å². The molecule has 0 aliphatic carbocycles. The van der Waals surface area contributed by atoms with Crippen LogP contribution in [0.15, 0.2) is 29.3 Å². The Balaban J connectivity index is 2.56. The van der Waals surface area contributed by atoms with Gasteiger partial charge in [-0.2, -0.15) is 13.2 Å². The number of hydrogen-bond acceptors (Lipinski definition) is 6. The van der Waals surface area contributed by atoms with Gasteiger partial charge in [0.05, 0.1) is 18.8 Å². The standard InChI is InChI=1S/C17H17F3N2O3S/c1-4-25-14(23)9-21-16(26-3)11-5-7-12(24-2)15-10(11)6-8-13(22-15)17(18,19)20/h5-8H,4,9H2,1-3H3/b21-16-. The molecule has 1 aromatic carbocycles. The Labute approximate surface area is 152 Å². The molecule has 140 valence electrons. The van der Waals surface area contributed by atoms with Crippen molar-refractivity contribution in [3.63, 3.8) is 0 Å². The van der Waals surface area contributed by atoms with E-state index in [2.05, 4.69) is 9.98 Å². The van der Waals surface area contributed by atoms with Gasteiger partial charge in [0.2, 0.25) is 0 Å². The number of hydrogen-bond donors (Lipinski definition) is 0. The largest absolute Gasteiger partial charge is 0.494 e. The SMILES string of the molecule is CCOC(=O)C/N=C(\SC)c1ccc(OC)c2nc(C(F)(F)F)ccc12. The molecule has 0 aliphatic heterocycles. The van der Waals surface area contributed by atoms with Crippen molar-refractivity contribution in [1.29, 1.82) is 0 Å². The van der Waals surface area contributed by atoms with Crippen LogP contribution in [0.1, 0.15) is 18.2 Å². The van der Waals surface area contributed by atoms with E-state index in [0.29, 0.717) is 16.0 Å². The second-order valence-electron chi connectivity index (χ2n) is 5.04. The molecule has 0 atom stereocenters. The molecule has 1 heterocycles. The summed E-state index contributed by atoms with van der Waals surface area (Å²) in [6, 6.07) is 5.45. The summed E-state index contributed by atoms with van der Waals surface area (Å²) in [7, 11) is 1.36. The number of nitrogens with zero attached hydrogens (tertiary/aromatic N) is 2. The Hall–Kier alpha value is -2.29. The van der Waals surface area contributed by atoms with Gasteiger partial charge in [-0.05, 0) is 37.4 Å². The molecule has 0 amide bonds. The number of fused-ring (bicyclic) bond motifs is 1. The Morgan fingerprint density at radius 1 is 1.27 bits per heavy atom. The summed E-state index contributed by atoms with van der Waals surface area (Å²) in [6.45, 7) is 1.77. The summed E-state index contributed by atoms with van der Waals surface area (Å²) in [4.78, 5) is 19.5. The molecule has 2 rings (SSSR count). The second kappa shape index (κ2) is 8.39. The summed E-state index contributed by atoms with van der Waals surface area (Å²) in [5.41, 5.74) is -0.355. The van der Waals surface area contributed by atoms with Crippen LogP contribution >= 0.6 is 11.8 Å². The Bertz CT molecular complexity index is 838. The number of methoxy groups -OCH3 is 1. The van der Waals surface area contributed by atoms with Gasteiger partial charge < -0.3 is 9.47 Å². The highest BCUT2D eigenvalue weighted by Gasteiger charge is 2.33. The van der Waals surface area contributed by atoms with Crippen LogP contribution in [0.4, 0.5) is 13.2 Å². The average Bonchev–Trinajstić information content (AvgIpc) is 2.61. The number of alkyl halides is 3. The maximum Gasteiger partial charge on any atom is 0.433 e. The van der Waals surface area contributed by atoms with Gasteiger partial charge in [-0.15, -0.1) is 11.8 Å². The van der Waals surface area contributed by atoms with E-state index in [0.717, 1.165) is 6.07 Å². The minimum atomic E-state index is -4.56. The number of carbonyl (C=O) groups is 1. The zero-order valence-corrected chi connectivity index (χ0v) is 15.2. The van der Waals surface area contributed by atoms with E-state index in [1.54, 1.807) is 19.2 Å². The molecular weight excluding hydrogens is 369 g/mol. The van der Waals surface area contributed by atoms with Gasteiger partial charge in [-0.1, -0.05) is 0 Å². The average molecular weight is 386 g/mol. The molecular formula is C17H17F3N2O3S. The number of thioether (sulfide) groups is 1. The Morgan fingerprint density at radius 3 is 2.58 bits per heavy atom. The number of aromatic nitrogens is 1. The fraction of sp³-hybridized carbons (Fsp3) is 0.353. The molecule has 0 aliphatic rings. The van der Waals surface area contributed by atoms with Crippen molar-refractivity contribution in [3.05, 3.63) is 35.5 Å². The molecule has 0 fully saturated rings. The van der Waals surface area contributed by atoms with Crippen molar-refractivity contribution in [2.75, 3.05) is 26.5 Å². The zero-order chi connectivity index (χ0) is 19.3. The summed E-state index contributed by atoms with van der Waals surface area (Å²) in [5, 5.41) is 0.946. The Kier molecular flexibility index (Phi) is 6.47. The topological polar surface area (TPSA) is 60.8 Å². The van der Waals surface area contributed by atoms with E-state index in [-0.39, 0.29) is 24.4 Å². The van der Waals surface area contributed by atoms with Gasteiger partial charge in [0, 0.05) is 10.9 Å². The first kappa shape index (κ1) is 20.0. The van der Waals surface area contributed by atoms with Gasteiger partial charge in [0.25, 0.3) is 0 Å². The highest BCUT2D eigenvalue weighted by atomic mass is 32.2. The maximum absolute atomic E-state index is 13.0. The molecule has 9 heteroatoms. The van der Waals surface area contributed by atoms with E-state index in [9.17, 15) is 18.0 Å². The lowest BCUT2D eigenvalue weighted by molar-refractivity contribution is -0.142. The maximum atomic E-state index is 13.0. The van der Waals surface area contributed by atoms with Crippen molar-refractivity contribution in [2.24, 2.45) is 4.99 Å². The lowest BCUT2D eigenvalue weighted by atomic mass is 10.1. The fourth-order valence-electron chi connectivity index (χ4n) is 2.30. The molecule has 0 bridgehead atoms. The monoisotopic (exact) mass is 386 g/mol. The smallest absolute Gasteiger partial charge is 0.433 e. The quantitative estimate of drug-likeness (QED) is 0.443. The molecule has 0 unspecified atom stereocenters. The molecule has 5 nitrogen and oxygen atoms in total. The summed E-state index contributed by atoms with van der Waals surface area (Å²) in [6.07, 6.45) is -2.80. The number of rotatable bonds is 5. The molecule has 0 N–H and O–H groups in total. The van der Waals surface area contributed by atoms with Crippen molar-refractivity contribution < 1.29 is 27.4 Å². The lowest BCUT2D eigenvalue weighted by Gasteiger charge is -2.13. The van der Waals surface area contributed by atoms with Crippen LogP contribution in [0.3, 0.4) is 0 Å². The molecule has 26 heavy (non-hydrogen) atoms. The summed E-state index contributed by atoms with van der Waals surface area (Å²) >= 11 is 1.27. The van der Waals surface area contributed by atoms with Crippen molar-refractivity contribution in [1.82, 2.24) is 4.98 Å². The van der Waals surface area contributed by atoms with Crippen molar-refractivity contribution >= 4 is 33.7 Å². The van der Waals surface area contributed by atoms with Crippen LogP contribution in [0.5, 0.6) is 5.75 Å². The minimum absolute atomic E-state index is 0.0812. The van der Waals surface area contributed by atoms with Crippen LogP contribution in [-0.4, -0.2) is 42.5 Å². The first-order valence-electron chi connectivity index (χ1n) is 7.61. The predicted octanol–water partition coefficient (Wildman–Crippen LogP) is 3.93. The van der Waals surface area contributed by atoms with Crippen molar-refractivity contribution in [2.45, 2.75) is 13.1 Å². The zero-order valence-electron chi connectivity index (χ0n) is 14.4. The third kappa shape index (κ3) is 4.46. The first-order valence-corrected chi connectivity index (χ1v) is 8.83. The predicted molar refractivity (Wildman–Crippen MR) is 94.8 cm³/mol. The number of esters is 1. The molecule has 0 radical (unpaired) electrons. The highest BCUT2D eigenvalue weighted by molar-refractivity contribution is 8.13. The van der Waals surface area contributed by atoms with Crippen LogP contribution in [0.25, 0.3) is 10.9 Å². The number of pyridine rings is 1. The molecule has 0 spiro atoms. The molecule has 0 saturated heterocycles. The molecule has 0 saturated carbocycles. The van der Waals surface area contributed by atoms with Crippen LogP contribution in [0, 0.1) is 0 Å². The Morgan fingerprint density at radius 2 is 2.00 bits per heavy atom. The third-order valence-corrected chi connectivity index (χ3v) is 4.15. The minimum Gasteiger partial charge on any atom is -0.494 e. The van der Waals surface area contributed by atoms with E-state index in [1.807, 2.05) is 0 Å². The first-order chi connectivity index (χ1) is 12.3. The van der Waals surface area contributed by atoms with Gasteiger partial charge in [-0.3, -0.25) is 9.79 Å². The van der Waals surface area contributed by atoms with Gasteiger partial charge >= 0.3 is 12.1 Å². The molecule has 1 aromatic heterocycles. The van der Waals surface area contributed by atoms with Crippen LogP contribution in [0.2, 0.25) is 0 Å². The fourth-order valence-corrected chi connectivity index (χ4v) is 2.90. The van der Waals surface area contributed by atoms with E-state index in [4.69, 9.17) is 9.47 Å². The van der Waals surface area contributed by atoms with E-state index >= 15 is 0 Å². The van der Waals surface area contributed by atoms with E-state index in [1.165, 1.54) is 31.0 Å². The number of aliphatic imine (C=N–C) groups is 1. The summed E-state index contributed by atoms with van der Waals surface area (Å²) in [5.74, 6) is -0.255.